The van der Waals surface area contributed by atoms with Gasteiger partial charge in [0.25, 0.3) is 10.0 Å². The van der Waals surface area contributed by atoms with E-state index in [1.807, 2.05) is 24.3 Å². The average molecular weight is 482 g/mol. The zero-order valence-corrected chi connectivity index (χ0v) is 19.4. The first-order valence-corrected chi connectivity index (χ1v) is 12.6. The van der Waals surface area contributed by atoms with Crippen LogP contribution in [0.5, 0.6) is 11.5 Å². The zero-order chi connectivity index (χ0) is 23.9. The van der Waals surface area contributed by atoms with Crippen molar-refractivity contribution in [2.24, 2.45) is 0 Å². The molecule has 0 spiro atoms. The highest BCUT2D eigenvalue weighted by atomic mass is 32.2. The molecule has 5 rings (SSSR count). The Morgan fingerprint density at radius 2 is 1.74 bits per heavy atom. The Morgan fingerprint density at radius 3 is 2.47 bits per heavy atom. The second-order valence-electron chi connectivity index (χ2n) is 8.55. The molecule has 3 aromatic rings. The molecule has 6 nitrogen and oxygen atoms in total. The monoisotopic (exact) mass is 481 g/mol. The van der Waals surface area contributed by atoms with Crippen LogP contribution in [0.25, 0.3) is 0 Å². The number of rotatable bonds is 5. The number of hydrogen-bond donors (Lipinski definition) is 0. The van der Waals surface area contributed by atoms with Crippen LogP contribution in [0.4, 0.5) is 10.1 Å². The van der Waals surface area contributed by atoms with Crippen LogP contribution in [0.2, 0.25) is 0 Å². The zero-order valence-electron chi connectivity index (χ0n) is 18.6. The predicted octanol–water partition coefficient (Wildman–Crippen LogP) is 4.31. The number of benzene rings is 3. The number of ether oxygens (including phenoxy) is 2. The number of hydrogen-bond acceptors (Lipinski definition) is 5. The van der Waals surface area contributed by atoms with Gasteiger partial charge in [0.1, 0.15) is 11.9 Å². The third-order valence-electron chi connectivity index (χ3n) is 6.17. The Kier molecular flexibility index (Phi) is 5.77. The minimum atomic E-state index is -3.86. The van der Waals surface area contributed by atoms with Gasteiger partial charge in [-0.1, -0.05) is 24.3 Å². The summed E-state index contributed by atoms with van der Waals surface area (Å²) in [5, 5.41) is 0. The van der Waals surface area contributed by atoms with Gasteiger partial charge in [-0.15, -0.1) is 0 Å². The molecule has 0 saturated carbocycles. The first-order chi connectivity index (χ1) is 16.3. The molecule has 2 aliphatic heterocycles. The Bertz CT molecular complexity index is 1340. The Morgan fingerprint density at radius 1 is 1.03 bits per heavy atom. The second-order valence-corrected chi connectivity index (χ2v) is 10.4. The van der Waals surface area contributed by atoms with Crippen LogP contribution in [0, 0.1) is 5.82 Å². The van der Waals surface area contributed by atoms with Gasteiger partial charge in [0.2, 0.25) is 0 Å². The van der Waals surface area contributed by atoms with Gasteiger partial charge in [-0.05, 0) is 73.4 Å². The van der Waals surface area contributed by atoms with Gasteiger partial charge in [-0.2, -0.15) is 0 Å². The average Bonchev–Trinajstić information content (AvgIpc) is 2.83. The molecule has 34 heavy (non-hydrogen) atoms. The van der Waals surface area contributed by atoms with Crippen LogP contribution in [0.15, 0.2) is 71.6 Å². The minimum absolute atomic E-state index is 0.0310. The van der Waals surface area contributed by atoms with Crippen molar-refractivity contribution in [3.05, 3.63) is 83.7 Å². The van der Waals surface area contributed by atoms with E-state index in [0.29, 0.717) is 35.7 Å². The van der Waals surface area contributed by atoms with Crippen molar-refractivity contribution in [2.75, 3.05) is 10.8 Å². The smallest absolute Gasteiger partial charge is 0.264 e. The number of ketones is 1. The highest BCUT2D eigenvalue weighted by Gasteiger charge is 2.34. The van der Waals surface area contributed by atoms with Crippen molar-refractivity contribution < 1.29 is 27.1 Å². The van der Waals surface area contributed by atoms with E-state index in [1.165, 1.54) is 16.4 Å². The molecule has 0 bridgehead atoms. The molecule has 0 saturated heterocycles. The maximum Gasteiger partial charge on any atom is 0.264 e. The molecule has 0 radical (unpaired) electrons. The predicted molar refractivity (Wildman–Crippen MR) is 125 cm³/mol. The summed E-state index contributed by atoms with van der Waals surface area (Å²) < 4.78 is 53.1. The lowest BCUT2D eigenvalue weighted by Crippen LogP contribution is -2.44. The van der Waals surface area contributed by atoms with Gasteiger partial charge in [-0.3, -0.25) is 9.10 Å². The number of fused-ring (bicyclic) bond motifs is 2. The van der Waals surface area contributed by atoms with E-state index in [1.54, 1.807) is 25.1 Å². The summed E-state index contributed by atoms with van der Waals surface area (Å²) in [7, 11) is -3.86. The lowest BCUT2D eigenvalue weighted by molar-refractivity contribution is -0.130. The third-order valence-corrected chi connectivity index (χ3v) is 7.99. The Hall–Kier alpha value is -3.39. The third kappa shape index (κ3) is 4.14. The molecule has 3 aromatic carbocycles. The van der Waals surface area contributed by atoms with Crippen molar-refractivity contribution in [2.45, 2.75) is 43.3 Å². The molecular weight excluding hydrogens is 457 g/mol. The van der Waals surface area contributed by atoms with Crippen molar-refractivity contribution in [3.8, 4) is 11.5 Å². The number of carbonyl (C=O) groups excluding carboxylic acids is 1. The van der Waals surface area contributed by atoms with Crippen molar-refractivity contribution in [3.63, 3.8) is 0 Å². The summed E-state index contributed by atoms with van der Waals surface area (Å²) in [6, 6.07) is 17.5. The number of Topliss-reactive ketones (excluding diaryl/α,β-unsaturated/α-hetero) is 1. The number of aryl methyl sites for hydroxylation is 1. The molecule has 8 heteroatoms. The molecule has 0 N–H and O–H groups in total. The van der Waals surface area contributed by atoms with Gasteiger partial charge < -0.3 is 9.47 Å². The van der Waals surface area contributed by atoms with Crippen LogP contribution < -0.4 is 13.8 Å². The standard InChI is InChI=1S/C26H24FNO5S/c1-17-26(33-25-7-3-2-6-24(25)32-17)23(29)16-18-8-9-19-5-4-14-28(22(19)15-18)34(30,31)21-12-10-20(27)11-13-21/h2-3,6-13,15,17,26H,4-5,14,16H2,1H3. The van der Waals surface area contributed by atoms with Crippen LogP contribution in [0.1, 0.15) is 24.5 Å². The maximum atomic E-state index is 13.3. The maximum absolute atomic E-state index is 13.3. The van der Waals surface area contributed by atoms with Gasteiger partial charge >= 0.3 is 0 Å². The van der Waals surface area contributed by atoms with Gasteiger partial charge in [-0.25, -0.2) is 12.8 Å². The quantitative estimate of drug-likeness (QED) is 0.543. The number of para-hydroxylation sites is 2. The first-order valence-electron chi connectivity index (χ1n) is 11.2. The molecule has 0 amide bonds. The molecule has 0 aliphatic carbocycles. The van der Waals surface area contributed by atoms with E-state index >= 15 is 0 Å². The number of sulfonamides is 1. The number of halogens is 1. The normalized spacial score (nSPS) is 19.4. The molecule has 176 valence electrons. The second kappa shape index (κ2) is 8.76. The van der Waals surface area contributed by atoms with Crippen molar-refractivity contribution in [1.29, 1.82) is 0 Å². The van der Waals surface area contributed by atoms with Crippen LogP contribution in [-0.4, -0.2) is 33.0 Å². The first kappa shape index (κ1) is 22.4. The van der Waals surface area contributed by atoms with Gasteiger partial charge in [0.15, 0.2) is 23.4 Å². The fourth-order valence-electron chi connectivity index (χ4n) is 4.45. The van der Waals surface area contributed by atoms with E-state index < -0.39 is 28.0 Å². The highest BCUT2D eigenvalue weighted by Crippen LogP contribution is 2.35. The lowest BCUT2D eigenvalue weighted by atomic mass is 9.97. The summed E-state index contributed by atoms with van der Waals surface area (Å²) in [6.07, 6.45) is 0.293. The summed E-state index contributed by atoms with van der Waals surface area (Å²) in [4.78, 5) is 13.1. The molecular formula is C26H24FNO5S. The van der Waals surface area contributed by atoms with E-state index in [4.69, 9.17) is 9.47 Å². The van der Waals surface area contributed by atoms with Gasteiger partial charge in [0, 0.05) is 13.0 Å². The highest BCUT2D eigenvalue weighted by molar-refractivity contribution is 7.92. The summed E-state index contributed by atoms with van der Waals surface area (Å²) >= 11 is 0. The van der Waals surface area contributed by atoms with E-state index in [9.17, 15) is 17.6 Å². The Balaban J connectivity index is 1.40. The Labute approximate surface area is 198 Å². The topological polar surface area (TPSA) is 72.9 Å². The van der Waals surface area contributed by atoms with Crippen LogP contribution in [0.3, 0.4) is 0 Å². The molecule has 0 aromatic heterocycles. The lowest BCUT2D eigenvalue weighted by Gasteiger charge is -2.32. The SMILES string of the molecule is CC1Oc2ccccc2OC1C(=O)Cc1ccc2c(c1)N(S(=O)(=O)c1ccc(F)cc1)CCC2. The summed E-state index contributed by atoms with van der Waals surface area (Å²) in [6.45, 7) is 2.11. The molecule has 2 unspecified atom stereocenters. The van der Waals surface area contributed by atoms with Crippen molar-refractivity contribution in [1.82, 2.24) is 0 Å². The molecule has 2 atom stereocenters. The molecule has 2 heterocycles. The fourth-order valence-corrected chi connectivity index (χ4v) is 5.98. The summed E-state index contributed by atoms with van der Waals surface area (Å²) in [5.74, 6) is 0.491. The van der Waals surface area contributed by atoms with Crippen LogP contribution >= 0.6 is 0 Å². The van der Waals surface area contributed by atoms with E-state index in [-0.39, 0.29) is 17.1 Å². The number of anilines is 1. The van der Waals surface area contributed by atoms with Gasteiger partial charge in [0.05, 0.1) is 10.6 Å². The summed E-state index contributed by atoms with van der Waals surface area (Å²) in [5.41, 5.74) is 2.15. The van der Waals surface area contributed by atoms with E-state index in [0.717, 1.165) is 24.1 Å². The van der Waals surface area contributed by atoms with E-state index in [2.05, 4.69) is 0 Å². The largest absolute Gasteiger partial charge is 0.482 e. The number of carbonyl (C=O) groups is 1. The fraction of sp³-hybridized carbons (Fsp3) is 0.269. The number of nitrogens with zero attached hydrogens (tertiary/aromatic N) is 1. The minimum Gasteiger partial charge on any atom is -0.482 e. The molecule has 2 aliphatic rings. The van der Waals surface area contributed by atoms with Crippen molar-refractivity contribution >= 4 is 21.5 Å². The molecule has 0 fully saturated rings. The van der Waals surface area contributed by atoms with Crippen LogP contribution in [-0.2, 0) is 27.7 Å².